The van der Waals surface area contributed by atoms with Crippen LogP contribution in [0.15, 0.2) is 126 Å². The van der Waals surface area contributed by atoms with Gasteiger partial charge in [0.1, 0.15) is 35.9 Å². The molecule has 0 radical (unpaired) electrons. The molecule has 0 aliphatic heterocycles. The lowest BCUT2D eigenvalue weighted by Gasteiger charge is -2.22. The van der Waals surface area contributed by atoms with Crippen LogP contribution >= 0.6 is 0 Å². The smallest absolute Gasteiger partial charge is 0.330 e. The lowest BCUT2D eigenvalue weighted by molar-refractivity contribution is -0.138. The van der Waals surface area contributed by atoms with E-state index in [0.29, 0.717) is 11.3 Å². The quantitative estimate of drug-likeness (QED) is 0.0899. The van der Waals surface area contributed by atoms with Crippen molar-refractivity contribution in [3.8, 4) is 56.0 Å². The van der Waals surface area contributed by atoms with Gasteiger partial charge in [-0.25, -0.2) is 4.79 Å². The number of benzene rings is 6. The largest absolute Gasteiger partial charge is 0.496 e. The predicted molar refractivity (Wildman–Crippen MR) is 213 cm³/mol. The first-order chi connectivity index (χ1) is 25.6. The Morgan fingerprint density at radius 2 is 1.09 bits per heavy atom. The maximum absolute atomic E-state index is 11.7. The fourth-order valence-corrected chi connectivity index (χ4v) is 8.67. The van der Waals surface area contributed by atoms with E-state index in [1.54, 1.807) is 7.11 Å². The standard InChI is InChI=1S/C48H40O5/c1-7-46(49)52-21-20-51-43-27-45-37(25-35(43)29-17-19-33-31-13-9-11-15-39(31)48(4,5)41(33)23-29)36-24-34(42(50-6)26-44(36)53-45)28-16-18-32-30-12-8-10-14-38(30)47(2,3)40(32)22-28/h7-19,22-27H,1,20-21H2,2-6H3. The van der Waals surface area contributed by atoms with E-state index in [0.717, 1.165) is 50.4 Å². The number of fused-ring (bicyclic) bond motifs is 9. The lowest BCUT2D eigenvalue weighted by atomic mass is 9.81. The third kappa shape index (κ3) is 5.02. The van der Waals surface area contributed by atoms with E-state index in [1.807, 2.05) is 12.1 Å². The Kier molecular flexibility index (Phi) is 7.42. The van der Waals surface area contributed by atoms with Crippen molar-refractivity contribution in [3.63, 3.8) is 0 Å². The van der Waals surface area contributed by atoms with E-state index in [4.69, 9.17) is 18.6 Å². The van der Waals surface area contributed by atoms with Gasteiger partial charge in [0.05, 0.1) is 7.11 Å². The van der Waals surface area contributed by atoms with Crippen molar-refractivity contribution in [3.05, 3.63) is 144 Å². The minimum absolute atomic E-state index is 0.0954. The number of esters is 1. The van der Waals surface area contributed by atoms with Gasteiger partial charge in [-0.2, -0.15) is 0 Å². The second-order valence-electron chi connectivity index (χ2n) is 15.1. The SMILES string of the molecule is C=CC(=O)OCCOc1cc2oc3cc(OC)c(-c4ccc5c(c4)C(C)(C)c4ccccc4-5)cc3c2cc1-c1ccc2c(c1)C(C)(C)c1ccccc1-2. The Morgan fingerprint density at radius 1 is 0.604 bits per heavy atom. The number of ether oxygens (including phenoxy) is 3. The maximum Gasteiger partial charge on any atom is 0.330 e. The Hall–Kier alpha value is -6.07. The predicted octanol–water partition coefficient (Wildman–Crippen LogP) is 11.6. The molecule has 0 spiro atoms. The van der Waals surface area contributed by atoms with Crippen molar-refractivity contribution >= 4 is 27.9 Å². The van der Waals surface area contributed by atoms with Crippen LogP contribution < -0.4 is 9.47 Å². The first kappa shape index (κ1) is 32.8. The third-order valence-electron chi connectivity index (χ3n) is 11.4. The highest BCUT2D eigenvalue weighted by Gasteiger charge is 2.37. The van der Waals surface area contributed by atoms with Crippen LogP contribution in [-0.4, -0.2) is 26.3 Å². The Bertz CT molecular complexity index is 2650. The molecule has 53 heavy (non-hydrogen) atoms. The monoisotopic (exact) mass is 696 g/mol. The molecule has 0 saturated carbocycles. The average molecular weight is 697 g/mol. The molecule has 0 atom stereocenters. The number of hydrogen-bond donors (Lipinski definition) is 0. The van der Waals surface area contributed by atoms with Gasteiger partial charge in [-0.15, -0.1) is 0 Å². The Morgan fingerprint density at radius 3 is 1.62 bits per heavy atom. The number of furan rings is 1. The zero-order valence-corrected chi connectivity index (χ0v) is 30.6. The van der Waals surface area contributed by atoms with E-state index in [2.05, 4.69) is 131 Å². The highest BCUT2D eigenvalue weighted by molar-refractivity contribution is 6.09. The molecule has 0 amide bonds. The zero-order valence-electron chi connectivity index (χ0n) is 30.6. The topological polar surface area (TPSA) is 57.9 Å². The van der Waals surface area contributed by atoms with Crippen molar-refractivity contribution < 1.29 is 23.4 Å². The molecule has 0 unspecified atom stereocenters. The molecule has 6 aromatic carbocycles. The van der Waals surface area contributed by atoms with Gasteiger partial charge in [-0.1, -0.05) is 107 Å². The van der Waals surface area contributed by atoms with Crippen molar-refractivity contribution in [2.24, 2.45) is 0 Å². The molecule has 5 heteroatoms. The van der Waals surface area contributed by atoms with E-state index in [9.17, 15) is 4.79 Å². The van der Waals surface area contributed by atoms with Gasteiger partial charge < -0.3 is 18.6 Å². The summed E-state index contributed by atoms with van der Waals surface area (Å²) < 4.78 is 24.1. The van der Waals surface area contributed by atoms with Gasteiger partial charge in [-0.3, -0.25) is 0 Å². The summed E-state index contributed by atoms with van der Waals surface area (Å²) in [6.07, 6.45) is 1.15. The van der Waals surface area contributed by atoms with E-state index < -0.39 is 5.97 Å². The van der Waals surface area contributed by atoms with Crippen LogP contribution in [0.4, 0.5) is 0 Å². The Balaban J connectivity index is 1.19. The molecule has 5 nitrogen and oxygen atoms in total. The van der Waals surface area contributed by atoms with Crippen molar-refractivity contribution in [2.45, 2.75) is 38.5 Å². The van der Waals surface area contributed by atoms with Crippen LogP contribution in [0.1, 0.15) is 49.9 Å². The maximum atomic E-state index is 11.7. The van der Waals surface area contributed by atoms with Crippen LogP contribution in [0.2, 0.25) is 0 Å². The van der Waals surface area contributed by atoms with Gasteiger partial charge in [-0.05, 0) is 79.9 Å². The van der Waals surface area contributed by atoms with Gasteiger partial charge >= 0.3 is 5.97 Å². The van der Waals surface area contributed by atoms with Crippen LogP contribution in [0.25, 0.3) is 66.4 Å². The van der Waals surface area contributed by atoms with Crippen molar-refractivity contribution in [1.82, 2.24) is 0 Å². The molecule has 0 N–H and O–H groups in total. The zero-order chi connectivity index (χ0) is 36.6. The minimum atomic E-state index is -0.483. The van der Waals surface area contributed by atoms with Crippen LogP contribution in [-0.2, 0) is 20.4 Å². The van der Waals surface area contributed by atoms with E-state index >= 15 is 0 Å². The molecule has 0 bridgehead atoms. The molecule has 2 aliphatic rings. The molecule has 1 aromatic heterocycles. The van der Waals surface area contributed by atoms with Crippen molar-refractivity contribution in [1.29, 1.82) is 0 Å². The second-order valence-corrected chi connectivity index (χ2v) is 15.1. The molecular formula is C48H40O5. The molecular weight excluding hydrogens is 657 g/mol. The summed E-state index contributed by atoms with van der Waals surface area (Å²) in [5.74, 6) is 0.904. The molecule has 0 saturated heterocycles. The highest BCUT2D eigenvalue weighted by atomic mass is 16.6. The Labute approximate surface area is 309 Å². The summed E-state index contributed by atoms with van der Waals surface area (Å²) in [7, 11) is 1.71. The molecule has 9 rings (SSSR count). The lowest BCUT2D eigenvalue weighted by Crippen LogP contribution is -2.15. The fourth-order valence-electron chi connectivity index (χ4n) is 8.67. The number of methoxy groups -OCH3 is 1. The average Bonchev–Trinajstić information content (AvgIpc) is 3.73. The second kappa shape index (κ2) is 12.0. The summed E-state index contributed by atoms with van der Waals surface area (Å²) >= 11 is 0. The molecule has 0 fully saturated rings. The van der Waals surface area contributed by atoms with E-state index in [-0.39, 0.29) is 24.0 Å². The minimum Gasteiger partial charge on any atom is -0.496 e. The summed E-state index contributed by atoms with van der Waals surface area (Å²) in [6.45, 7) is 12.9. The van der Waals surface area contributed by atoms with Crippen LogP contribution in [0.5, 0.6) is 11.5 Å². The van der Waals surface area contributed by atoms with Gasteiger partial charge in [0.25, 0.3) is 0 Å². The van der Waals surface area contributed by atoms with Gasteiger partial charge in [0.15, 0.2) is 0 Å². The highest BCUT2D eigenvalue weighted by Crippen LogP contribution is 2.52. The number of rotatable bonds is 8. The molecule has 1 heterocycles. The summed E-state index contributed by atoms with van der Waals surface area (Å²) in [5.41, 5.74) is 15.5. The first-order valence-corrected chi connectivity index (χ1v) is 18.1. The van der Waals surface area contributed by atoms with Crippen LogP contribution in [0.3, 0.4) is 0 Å². The third-order valence-corrected chi connectivity index (χ3v) is 11.4. The summed E-state index contributed by atoms with van der Waals surface area (Å²) in [6, 6.07) is 39.1. The molecule has 262 valence electrons. The molecule has 2 aliphatic carbocycles. The van der Waals surface area contributed by atoms with Crippen molar-refractivity contribution in [2.75, 3.05) is 20.3 Å². The fraction of sp³-hybridized carbons (Fsp3) is 0.188. The number of carbonyl (C=O) groups excluding carboxylic acids is 1. The van der Waals surface area contributed by atoms with Crippen LogP contribution in [0, 0.1) is 0 Å². The summed E-state index contributed by atoms with van der Waals surface area (Å²) in [5, 5.41) is 1.96. The normalized spacial score (nSPS) is 14.4. The van der Waals surface area contributed by atoms with Gasteiger partial charge in [0.2, 0.25) is 0 Å². The molecule has 7 aromatic rings. The van der Waals surface area contributed by atoms with E-state index in [1.165, 1.54) is 44.5 Å². The first-order valence-electron chi connectivity index (χ1n) is 18.1. The van der Waals surface area contributed by atoms with Gasteiger partial charge in [0, 0.05) is 50.9 Å². The number of hydrogen-bond acceptors (Lipinski definition) is 5. The number of carbonyl (C=O) groups is 1. The summed E-state index contributed by atoms with van der Waals surface area (Å²) in [4.78, 5) is 11.7.